The molecule has 36 heavy (non-hydrogen) atoms. The van der Waals surface area contributed by atoms with Crippen molar-refractivity contribution < 1.29 is 19.3 Å². The van der Waals surface area contributed by atoms with Crippen LogP contribution in [-0.2, 0) is 17.7 Å². The third-order valence-corrected chi connectivity index (χ3v) is 6.15. The highest BCUT2D eigenvalue weighted by Crippen LogP contribution is 2.33. The van der Waals surface area contributed by atoms with Crippen LogP contribution in [0.3, 0.4) is 0 Å². The van der Waals surface area contributed by atoms with Crippen LogP contribution in [-0.4, -0.2) is 58.8 Å². The molecule has 0 unspecified atom stereocenters. The minimum Gasteiger partial charge on any atom is -0.497 e. The fourth-order valence-corrected chi connectivity index (χ4v) is 3.96. The van der Waals surface area contributed by atoms with Crippen molar-refractivity contribution >= 4 is 0 Å². The number of ether oxygens (including phenoxy) is 3. The number of hydrogen-bond donors (Lipinski definition) is 1. The highest BCUT2D eigenvalue weighted by atomic mass is 16.5. The van der Waals surface area contributed by atoms with Crippen molar-refractivity contribution in [3.05, 3.63) is 65.9 Å². The number of benzene rings is 2. The molecule has 0 amide bonds. The van der Waals surface area contributed by atoms with Crippen LogP contribution in [0.2, 0.25) is 0 Å². The number of nitrogens with zero attached hydrogens (tertiary/aromatic N) is 3. The summed E-state index contributed by atoms with van der Waals surface area (Å²) in [6, 6.07) is 17.7. The second-order valence-electron chi connectivity index (χ2n) is 8.67. The highest BCUT2D eigenvalue weighted by Gasteiger charge is 2.25. The Kier molecular flexibility index (Phi) is 10.4. The Balaban J connectivity index is 1.99. The van der Waals surface area contributed by atoms with E-state index >= 15 is 0 Å². The van der Waals surface area contributed by atoms with E-state index in [4.69, 9.17) is 25.7 Å². The summed E-state index contributed by atoms with van der Waals surface area (Å²) < 4.78 is 19.0. The van der Waals surface area contributed by atoms with Crippen LogP contribution in [0.15, 0.2) is 54.6 Å². The zero-order valence-electron chi connectivity index (χ0n) is 21.7. The molecule has 7 heteroatoms. The number of para-hydroxylation sites is 1. The first kappa shape index (κ1) is 27.3. The first-order chi connectivity index (χ1) is 17.5. The van der Waals surface area contributed by atoms with Gasteiger partial charge in [0, 0.05) is 19.1 Å². The van der Waals surface area contributed by atoms with Crippen LogP contribution in [0.5, 0.6) is 17.4 Å². The fourth-order valence-electron chi connectivity index (χ4n) is 3.96. The van der Waals surface area contributed by atoms with Gasteiger partial charge in [0.25, 0.3) is 0 Å². The smallest absolute Gasteiger partial charge is 0.227 e. The molecule has 2 aromatic carbocycles. The van der Waals surface area contributed by atoms with E-state index in [1.807, 2.05) is 59.3 Å². The number of aromatic nitrogens is 2. The molecule has 2 atom stereocenters. The van der Waals surface area contributed by atoms with Gasteiger partial charge in [0.15, 0.2) is 0 Å². The van der Waals surface area contributed by atoms with Crippen molar-refractivity contribution in [2.75, 3.05) is 26.9 Å². The van der Waals surface area contributed by atoms with Crippen molar-refractivity contribution in [3.63, 3.8) is 0 Å². The summed E-state index contributed by atoms with van der Waals surface area (Å²) in [5.74, 6) is 4.55. The topological polar surface area (TPSA) is 69.0 Å². The molecule has 7 nitrogen and oxygen atoms in total. The zero-order chi connectivity index (χ0) is 25.9. The number of rotatable bonds is 14. The molecule has 0 spiro atoms. The lowest BCUT2D eigenvalue weighted by Crippen LogP contribution is -2.40. The highest BCUT2D eigenvalue weighted by molar-refractivity contribution is 5.44. The summed E-state index contributed by atoms with van der Waals surface area (Å²) in [4.78, 5) is 2.25. The first-order valence-corrected chi connectivity index (χ1v) is 12.4. The normalized spacial score (nSPS) is 12.8. The number of aryl methyl sites for hydroxylation is 1. The Morgan fingerprint density at radius 2 is 1.78 bits per heavy atom. The van der Waals surface area contributed by atoms with Gasteiger partial charge in [0.05, 0.1) is 36.8 Å². The molecule has 0 aliphatic heterocycles. The van der Waals surface area contributed by atoms with Crippen LogP contribution in [0.25, 0.3) is 5.69 Å². The Labute approximate surface area is 214 Å². The Morgan fingerprint density at radius 1 is 1.08 bits per heavy atom. The predicted octanol–water partition coefficient (Wildman–Crippen LogP) is 4.85. The van der Waals surface area contributed by atoms with Gasteiger partial charge >= 0.3 is 0 Å². The Hall–Kier alpha value is -3.31. The van der Waals surface area contributed by atoms with Crippen LogP contribution >= 0.6 is 0 Å². The number of hydrogen-bond acceptors (Lipinski definition) is 6. The number of aliphatic hydroxyl groups is 1. The minimum atomic E-state index is -0.660. The van der Waals surface area contributed by atoms with Gasteiger partial charge in [-0.05, 0) is 56.2 Å². The molecule has 0 radical (unpaired) electrons. The molecule has 192 valence electrons. The SMILES string of the molecule is C#CCOC[C@@H](O)CN(Cc1c(CC)nn(-c2ccccc2)c1Oc1ccc(OC)cc1)[C@@H](C)CC. The van der Waals surface area contributed by atoms with Gasteiger partial charge < -0.3 is 19.3 Å². The quantitative estimate of drug-likeness (QED) is 0.257. The molecule has 0 aliphatic rings. The molecule has 1 N–H and O–H groups in total. The van der Waals surface area contributed by atoms with Gasteiger partial charge in [-0.1, -0.05) is 38.0 Å². The Morgan fingerprint density at radius 3 is 2.39 bits per heavy atom. The van der Waals surface area contributed by atoms with Crippen molar-refractivity contribution in [3.8, 4) is 35.4 Å². The molecule has 0 saturated carbocycles. The van der Waals surface area contributed by atoms with E-state index in [-0.39, 0.29) is 19.3 Å². The standard InChI is InChI=1S/C29H37N3O4/c1-6-18-35-21-24(33)19-31(22(4)7-2)20-27-28(8-3)30-32(23-12-10-9-11-13-23)29(27)36-26-16-14-25(34-5)15-17-26/h1,9-17,22,24,33H,7-8,18-21H2,2-5H3/t22-,24-/m0/s1. The predicted molar refractivity (Wildman–Crippen MR) is 142 cm³/mol. The van der Waals surface area contributed by atoms with Crippen LogP contribution in [0, 0.1) is 12.3 Å². The molecule has 3 rings (SSSR count). The first-order valence-electron chi connectivity index (χ1n) is 12.4. The zero-order valence-corrected chi connectivity index (χ0v) is 21.7. The molecule has 0 saturated heterocycles. The number of terminal acetylenes is 1. The molecule has 1 heterocycles. The summed E-state index contributed by atoms with van der Waals surface area (Å²) in [6.07, 6.45) is 6.29. The minimum absolute atomic E-state index is 0.185. The molecule has 3 aromatic rings. The molecule has 1 aromatic heterocycles. The lowest BCUT2D eigenvalue weighted by molar-refractivity contribution is 0.0168. The molecule has 0 aliphatic carbocycles. The van der Waals surface area contributed by atoms with E-state index in [1.54, 1.807) is 7.11 Å². The van der Waals surface area contributed by atoms with Crippen molar-refractivity contribution in [1.82, 2.24) is 14.7 Å². The summed E-state index contributed by atoms with van der Waals surface area (Å²) in [6.45, 7) is 7.78. The van der Waals surface area contributed by atoms with E-state index in [0.717, 1.165) is 35.5 Å². The summed E-state index contributed by atoms with van der Waals surface area (Å²) in [5.41, 5.74) is 2.86. The average Bonchev–Trinajstić information content (AvgIpc) is 3.25. The van der Waals surface area contributed by atoms with Crippen molar-refractivity contribution in [2.45, 2.75) is 52.3 Å². The van der Waals surface area contributed by atoms with E-state index in [9.17, 15) is 5.11 Å². The van der Waals surface area contributed by atoms with E-state index in [1.165, 1.54) is 0 Å². The second-order valence-corrected chi connectivity index (χ2v) is 8.67. The maximum absolute atomic E-state index is 10.6. The van der Waals surface area contributed by atoms with Crippen LogP contribution < -0.4 is 9.47 Å². The van der Waals surface area contributed by atoms with Gasteiger partial charge in [-0.3, -0.25) is 4.90 Å². The monoisotopic (exact) mass is 491 g/mol. The summed E-state index contributed by atoms with van der Waals surface area (Å²) >= 11 is 0. The van der Waals surface area contributed by atoms with Gasteiger partial charge in [0.2, 0.25) is 5.88 Å². The fraction of sp³-hybridized carbons (Fsp3) is 0.414. The third-order valence-electron chi connectivity index (χ3n) is 6.15. The van der Waals surface area contributed by atoms with Crippen LogP contribution in [0.4, 0.5) is 0 Å². The lowest BCUT2D eigenvalue weighted by Gasteiger charge is -2.30. The van der Waals surface area contributed by atoms with Gasteiger partial charge in [-0.2, -0.15) is 5.10 Å². The van der Waals surface area contributed by atoms with E-state index in [0.29, 0.717) is 24.7 Å². The van der Waals surface area contributed by atoms with Crippen molar-refractivity contribution in [2.24, 2.45) is 0 Å². The van der Waals surface area contributed by atoms with Gasteiger partial charge in [-0.15, -0.1) is 6.42 Å². The second kappa shape index (κ2) is 13.7. The largest absolute Gasteiger partial charge is 0.497 e. The maximum Gasteiger partial charge on any atom is 0.227 e. The molecule has 0 fully saturated rings. The molecule has 0 bridgehead atoms. The van der Waals surface area contributed by atoms with E-state index < -0.39 is 6.10 Å². The third kappa shape index (κ3) is 7.11. The Bertz CT molecular complexity index is 1110. The lowest BCUT2D eigenvalue weighted by atomic mass is 10.1. The summed E-state index contributed by atoms with van der Waals surface area (Å²) in [5, 5.41) is 15.6. The molecular formula is C29H37N3O4. The van der Waals surface area contributed by atoms with Crippen LogP contribution in [0.1, 0.15) is 38.4 Å². The van der Waals surface area contributed by atoms with E-state index in [2.05, 4.69) is 31.6 Å². The van der Waals surface area contributed by atoms with Gasteiger partial charge in [-0.25, -0.2) is 4.68 Å². The van der Waals surface area contributed by atoms with Crippen molar-refractivity contribution in [1.29, 1.82) is 0 Å². The number of aliphatic hydroxyl groups excluding tert-OH is 1. The molecular weight excluding hydrogens is 454 g/mol. The summed E-state index contributed by atoms with van der Waals surface area (Å²) in [7, 11) is 1.64. The number of methoxy groups -OCH3 is 1. The van der Waals surface area contributed by atoms with Gasteiger partial charge in [0.1, 0.15) is 18.1 Å². The maximum atomic E-state index is 10.6. The average molecular weight is 492 g/mol.